The molecule has 0 unspecified atom stereocenters. The first-order valence-electron chi connectivity index (χ1n) is 6.24. The van der Waals surface area contributed by atoms with Crippen molar-refractivity contribution in [1.29, 1.82) is 0 Å². The predicted octanol–water partition coefficient (Wildman–Crippen LogP) is 2.57. The van der Waals surface area contributed by atoms with Gasteiger partial charge in [0.15, 0.2) is 0 Å². The van der Waals surface area contributed by atoms with Crippen LogP contribution in [0.5, 0.6) is 5.75 Å². The molecule has 0 saturated heterocycles. The van der Waals surface area contributed by atoms with E-state index >= 15 is 0 Å². The summed E-state index contributed by atoms with van der Waals surface area (Å²) >= 11 is 0.264. The molecule has 0 spiro atoms. The van der Waals surface area contributed by atoms with Crippen molar-refractivity contribution < 1.29 is 9.84 Å². The van der Waals surface area contributed by atoms with Gasteiger partial charge in [-0.2, -0.15) is 0 Å². The van der Waals surface area contributed by atoms with Crippen molar-refractivity contribution in [3.63, 3.8) is 0 Å². The molecule has 0 aliphatic heterocycles. The fourth-order valence-corrected chi connectivity index (χ4v) is 4.01. The molecule has 0 bridgehead atoms. The van der Waals surface area contributed by atoms with Crippen LogP contribution in [-0.4, -0.2) is 27.2 Å². The topological polar surface area (TPSA) is 29.5 Å². The van der Waals surface area contributed by atoms with E-state index < -0.39 is 6.10 Å². The first kappa shape index (κ1) is 14.1. The van der Waals surface area contributed by atoms with Crippen LogP contribution >= 0.6 is 0 Å². The molecule has 0 heterocycles. The van der Waals surface area contributed by atoms with Crippen molar-refractivity contribution in [2.24, 2.45) is 0 Å². The quantitative estimate of drug-likeness (QED) is 0.858. The van der Waals surface area contributed by atoms with Gasteiger partial charge in [0.05, 0.1) is 0 Å². The molecule has 0 aromatic heterocycles. The van der Waals surface area contributed by atoms with Gasteiger partial charge in [0.1, 0.15) is 0 Å². The van der Waals surface area contributed by atoms with Crippen LogP contribution in [0, 0.1) is 0 Å². The van der Waals surface area contributed by atoms with Crippen LogP contribution in [0.1, 0.15) is 18.6 Å². The predicted molar refractivity (Wildman–Crippen MR) is 79.2 cm³/mol. The number of methoxy groups -OCH3 is 1. The summed E-state index contributed by atoms with van der Waals surface area (Å²) in [6, 6.07) is 18.0. The minimum atomic E-state index is -0.425. The Bertz CT molecular complexity index is 496. The van der Waals surface area contributed by atoms with E-state index in [9.17, 15) is 5.11 Å². The van der Waals surface area contributed by atoms with Gasteiger partial charge < -0.3 is 0 Å². The van der Waals surface area contributed by atoms with Gasteiger partial charge in [0, 0.05) is 0 Å². The van der Waals surface area contributed by atoms with Crippen LogP contribution in [0.3, 0.4) is 0 Å². The molecule has 2 rings (SSSR count). The Kier molecular flexibility index (Phi) is 5.03. The number of hydrogen-bond acceptors (Lipinski definition) is 2. The fourth-order valence-electron chi connectivity index (χ4n) is 1.85. The first-order chi connectivity index (χ1) is 9.20. The Balaban J connectivity index is 2.03. The molecule has 19 heavy (non-hydrogen) atoms. The van der Waals surface area contributed by atoms with E-state index in [0.717, 1.165) is 11.3 Å². The second-order valence-electron chi connectivity index (χ2n) is 4.35. The van der Waals surface area contributed by atoms with Crippen molar-refractivity contribution in [3.05, 3.63) is 60.2 Å². The van der Waals surface area contributed by atoms with Crippen molar-refractivity contribution in [2.45, 2.75) is 17.8 Å². The summed E-state index contributed by atoms with van der Waals surface area (Å²) in [4.78, 5) is 0.239. The van der Waals surface area contributed by atoms with E-state index in [1.165, 1.54) is 4.46 Å². The molecular weight excluding hydrogens is 303 g/mol. The SMILES string of the molecule is COc1ccc([C@H](O)[C@H](C)[Se]c2ccccc2)cc1. The van der Waals surface area contributed by atoms with E-state index in [-0.39, 0.29) is 19.8 Å². The zero-order valence-electron chi connectivity index (χ0n) is 11.1. The average molecular weight is 321 g/mol. The minimum absolute atomic E-state index is 0.239. The first-order valence-corrected chi connectivity index (χ1v) is 8.09. The number of benzene rings is 2. The maximum atomic E-state index is 10.4. The zero-order valence-corrected chi connectivity index (χ0v) is 12.8. The van der Waals surface area contributed by atoms with Gasteiger partial charge in [-0.15, -0.1) is 0 Å². The van der Waals surface area contributed by atoms with Crippen LogP contribution < -0.4 is 9.20 Å². The van der Waals surface area contributed by atoms with Crippen LogP contribution in [0.15, 0.2) is 54.6 Å². The van der Waals surface area contributed by atoms with Crippen molar-refractivity contribution in [3.8, 4) is 5.75 Å². The molecule has 0 aliphatic rings. The summed E-state index contributed by atoms with van der Waals surface area (Å²) < 4.78 is 6.44. The van der Waals surface area contributed by atoms with Crippen molar-refractivity contribution in [1.82, 2.24) is 0 Å². The molecule has 1 N–H and O–H groups in total. The third kappa shape index (κ3) is 3.84. The summed E-state index contributed by atoms with van der Waals surface area (Å²) in [6.45, 7) is 2.10. The fraction of sp³-hybridized carbons (Fsp3) is 0.250. The molecule has 0 fully saturated rings. The Morgan fingerprint density at radius 1 is 1.00 bits per heavy atom. The van der Waals surface area contributed by atoms with Gasteiger partial charge in [-0.05, 0) is 0 Å². The molecule has 0 radical (unpaired) electrons. The maximum absolute atomic E-state index is 10.4. The third-order valence-electron chi connectivity index (χ3n) is 2.97. The molecule has 0 aliphatic carbocycles. The Labute approximate surface area is 120 Å². The van der Waals surface area contributed by atoms with Crippen LogP contribution in [0.4, 0.5) is 0 Å². The Hall–Kier alpha value is -1.28. The normalized spacial score (nSPS) is 13.8. The molecule has 2 atom stereocenters. The van der Waals surface area contributed by atoms with E-state index in [1.54, 1.807) is 7.11 Å². The van der Waals surface area contributed by atoms with Gasteiger partial charge in [-0.1, -0.05) is 0 Å². The summed E-state index contributed by atoms with van der Waals surface area (Å²) in [7, 11) is 1.65. The van der Waals surface area contributed by atoms with E-state index in [2.05, 4.69) is 19.1 Å². The van der Waals surface area contributed by atoms with Crippen LogP contribution in [-0.2, 0) is 0 Å². The van der Waals surface area contributed by atoms with Gasteiger partial charge >= 0.3 is 120 Å². The number of aliphatic hydroxyl groups is 1. The standard InChI is InChI=1S/C16H18O2Se/c1-12(19-15-6-4-3-5-7-15)16(17)13-8-10-14(18-2)11-9-13/h3-12,16-17H,1-2H3/t12-,16+/m0/s1. The number of aliphatic hydroxyl groups excluding tert-OH is 1. The summed E-state index contributed by atoms with van der Waals surface area (Å²) in [6.07, 6.45) is -0.425. The van der Waals surface area contributed by atoms with Gasteiger partial charge in [-0.3, -0.25) is 0 Å². The summed E-state index contributed by atoms with van der Waals surface area (Å²) in [5.74, 6) is 0.817. The third-order valence-corrected chi connectivity index (χ3v) is 5.43. The van der Waals surface area contributed by atoms with Gasteiger partial charge in [0.2, 0.25) is 0 Å². The van der Waals surface area contributed by atoms with Crippen molar-refractivity contribution >= 4 is 19.4 Å². The zero-order chi connectivity index (χ0) is 13.7. The number of rotatable bonds is 5. The Morgan fingerprint density at radius 2 is 1.63 bits per heavy atom. The van der Waals surface area contributed by atoms with E-state index in [1.807, 2.05) is 42.5 Å². The second kappa shape index (κ2) is 6.76. The average Bonchev–Trinajstić information content (AvgIpc) is 2.47. The monoisotopic (exact) mass is 322 g/mol. The van der Waals surface area contributed by atoms with Gasteiger partial charge in [-0.25, -0.2) is 0 Å². The summed E-state index contributed by atoms with van der Waals surface area (Å²) in [5, 5.41) is 10.4. The summed E-state index contributed by atoms with van der Waals surface area (Å²) in [5.41, 5.74) is 0.950. The van der Waals surface area contributed by atoms with Crippen molar-refractivity contribution in [2.75, 3.05) is 7.11 Å². The second-order valence-corrected chi connectivity index (χ2v) is 7.40. The van der Waals surface area contributed by atoms with Crippen LogP contribution in [0.25, 0.3) is 0 Å². The Morgan fingerprint density at radius 3 is 2.21 bits per heavy atom. The van der Waals surface area contributed by atoms with E-state index in [0.29, 0.717) is 0 Å². The van der Waals surface area contributed by atoms with E-state index in [4.69, 9.17) is 4.74 Å². The molecule has 2 aromatic rings. The molecule has 0 saturated carbocycles. The number of hydrogen-bond donors (Lipinski definition) is 1. The molecule has 2 aromatic carbocycles. The van der Waals surface area contributed by atoms with Crippen LogP contribution in [0.2, 0.25) is 4.82 Å². The number of ether oxygens (including phenoxy) is 1. The molecular formula is C16H18O2Se. The molecule has 0 amide bonds. The van der Waals surface area contributed by atoms with Gasteiger partial charge in [0.25, 0.3) is 0 Å². The molecule has 100 valence electrons. The molecule has 3 heteroatoms. The molecule has 2 nitrogen and oxygen atoms in total.